The monoisotopic (exact) mass is 868 g/mol. The van der Waals surface area contributed by atoms with Crippen molar-refractivity contribution >= 4 is 50.0 Å². The molecule has 0 N–H and O–H groups in total. The predicted octanol–water partition coefficient (Wildman–Crippen LogP) is 18.0. The molecule has 0 heterocycles. The molecule has 0 aromatic heterocycles. The highest BCUT2D eigenvalue weighted by atomic mass is 15.2. The van der Waals surface area contributed by atoms with Gasteiger partial charge in [-0.3, -0.25) is 0 Å². The van der Waals surface area contributed by atoms with E-state index in [1.54, 1.807) is 0 Å². The zero-order chi connectivity index (χ0) is 45.3. The van der Waals surface area contributed by atoms with Crippen molar-refractivity contribution in [2.45, 2.75) is 25.3 Å². The summed E-state index contributed by atoms with van der Waals surface area (Å²) < 4.78 is 0. The zero-order valence-electron chi connectivity index (χ0n) is 38.1. The summed E-state index contributed by atoms with van der Waals surface area (Å²) in [6, 6.07) is 92.0. The van der Waals surface area contributed by atoms with E-state index in [1.807, 2.05) is 0 Å². The highest BCUT2D eigenvalue weighted by Crippen LogP contribution is 2.56. The lowest BCUT2D eigenvalue weighted by Gasteiger charge is -2.32. The molecule has 0 radical (unpaired) electrons. The second-order valence-electron chi connectivity index (χ2n) is 18.9. The maximum atomic E-state index is 2.60. The van der Waals surface area contributed by atoms with Gasteiger partial charge in [0.15, 0.2) is 0 Å². The van der Waals surface area contributed by atoms with Crippen LogP contribution in [-0.4, -0.2) is 0 Å². The van der Waals surface area contributed by atoms with Crippen LogP contribution in [0.25, 0.3) is 66.1 Å². The number of benzene rings is 11. The van der Waals surface area contributed by atoms with Gasteiger partial charge in [-0.25, -0.2) is 0 Å². The normalized spacial score (nSPS) is 14.0. The first-order valence-corrected chi connectivity index (χ1v) is 23.8. The van der Waals surface area contributed by atoms with Gasteiger partial charge in [0.25, 0.3) is 0 Å². The lowest BCUT2D eigenvalue weighted by Crippen LogP contribution is -2.18. The van der Waals surface area contributed by atoms with Crippen LogP contribution in [0.5, 0.6) is 0 Å². The van der Waals surface area contributed by atoms with E-state index in [9.17, 15) is 0 Å². The van der Waals surface area contributed by atoms with E-state index in [0.717, 1.165) is 22.7 Å². The van der Waals surface area contributed by atoms with Crippen LogP contribution in [-0.2, 0) is 5.41 Å². The lowest BCUT2D eigenvalue weighted by atomic mass is 9.82. The van der Waals surface area contributed by atoms with E-state index < -0.39 is 0 Å². The van der Waals surface area contributed by atoms with Crippen molar-refractivity contribution < 1.29 is 0 Å². The number of anilines is 5. The zero-order valence-corrected chi connectivity index (χ0v) is 38.1. The quantitative estimate of drug-likeness (QED) is 0.133. The standard InChI is InChI=1S/C66H48N2/c1-66(2)60-25-15-14-24-55(60)56-39-36-53(43-61(56)66)67(51-32-26-47(27-33-51)44-16-6-3-7-17-44)62-40-41-63(64-54-23-13-12-22-49(54)30-38-58(62)64)68(52-34-28-48(29-35-52)45-18-8-4-9-19-45)65-57-37-31-50(42-59(57)65)46-20-10-5-11-21-46/h3-43,65H,1-2H3. The topological polar surface area (TPSA) is 6.48 Å². The number of fused-ring (bicyclic) bond motifs is 7. The Kier molecular flexibility index (Phi) is 9.30. The SMILES string of the molecule is CC1(C)c2ccccc2-c2ccc(N(c3ccc(-c4ccccc4)cc3)c3ccc(N(c4ccc(-c5ccccc5)cc4)C4c5ccc(-c6ccccc6)cc54)c4c3ccc3ccccc34)cc21. The molecule has 1 atom stereocenters. The molecular formula is C66H48N2. The van der Waals surface area contributed by atoms with Crippen LogP contribution in [0.2, 0.25) is 0 Å². The van der Waals surface area contributed by atoms with Gasteiger partial charge in [0.2, 0.25) is 0 Å². The van der Waals surface area contributed by atoms with Crippen LogP contribution in [0.15, 0.2) is 249 Å². The molecule has 0 saturated heterocycles. The Bertz CT molecular complexity index is 3690. The molecule has 11 aromatic rings. The summed E-state index contributed by atoms with van der Waals surface area (Å²) in [6.45, 7) is 4.74. The van der Waals surface area contributed by atoms with Crippen molar-refractivity contribution in [3.8, 4) is 44.5 Å². The second-order valence-corrected chi connectivity index (χ2v) is 18.9. The molecule has 0 amide bonds. The summed E-state index contributed by atoms with van der Waals surface area (Å²) in [5.41, 5.74) is 20.9. The number of hydrogen-bond acceptors (Lipinski definition) is 2. The molecule has 0 aliphatic heterocycles. The van der Waals surface area contributed by atoms with Gasteiger partial charge in [-0.1, -0.05) is 208 Å². The Morgan fingerprint density at radius 3 is 1.56 bits per heavy atom. The lowest BCUT2D eigenvalue weighted by molar-refractivity contribution is 0.660. The number of hydrogen-bond donors (Lipinski definition) is 0. The van der Waals surface area contributed by atoms with E-state index in [0.29, 0.717) is 0 Å². The van der Waals surface area contributed by atoms with Crippen LogP contribution in [0.1, 0.15) is 42.1 Å². The minimum absolute atomic E-state index is 0.0743. The highest BCUT2D eigenvalue weighted by Gasteiger charge is 2.41. The molecule has 2 heteroatoms. The third kappa shape index (κ3) is 6.55. The highest BCUT2D eigenvalue weighted by molar-refractivity contribution is 6.19. The molecule has 0 spiro atoms. The van der Waals surface area contributed by atoms with E-state index in [4.69, 9.17) is 0 Å². The summed E-state index contributed by atoms with van der Waals surface area (Å²) in [4.78, 5) is 5.09. The predicted molar refractivity (Wildman–Crippen MR) is 287 cm³/mol. The van der Waals surface area contributed by atoms with Crippen LogP contribution < -0.4 is 9.80 Å². The first-order chi connectivity index (χ1) is 33.5. The number of rotatable bonds is 9. The van der Waals surface area contributed by atoms with E-state index >= 15 is 0 Å². The van der Waals surface area contributed by atoms with Crippen LogP contribution in [0, 0.1) is 0 Å². The fourth-order valence-electron chi connectivity index (χ4n) is 11.1. The smallest absolute Gasteiger partial charge is 0.0852 e. The van der Waals surface area contributed by atoms with E-state index in [-0.39, 0.29) is 11.5 Å². The molecule has 2 aliphatic rings. The maximum absolute atomic E-state index is 2.60. The first-order valence-electron chi connectivity index (χ1n) is 23.8. The van der Waals surface area contributed by atoms with Crippen LogP contribution >= 0.6 is 0 Å². The molecule has 11 aromatic carbocycles. The Balaban J connectivity index is 1.03. The summed E-state index contributed by atoms with van der Waals surface area (Å²) in [7, 11) is 0. The van der Waals surface area contributed by atoms with Crippen molar-refractivity contribution in [1.82, 2.24) is 0 Å². The summed E-state index contributed by atoms with van der Waals surface area (Å²) in [5, 5.41) is 4.87. The molecule has 13 rings (SSSR count). The fraction of sp³-hybridized carbons (Fsp3) is 0.0606. The maximum Gasteiger partial charge on any atom is 0.0852 e. The van der Waals surface area contributed by atoms with Crippen molar-refractivity contribution in [2.75, 3.05) is 9.80 Å². The van der Waals surface area contributed by atoms with Gasteiger partial charge in [-0.05, 0) is 132 Å². The average molecular weight is 869 g/mol. The molecule has 0 bridgehead atoms. The van der Waals surface area contributed by atoms with Gasteiger partial charge in [0.1, 0.15) is 0 Å². The molecule has 0 saturated carbocycles. The Hall–Kier alpha value is -8.46. The van der Waals surface area contributed by atoms with Crippen molar-refractivity contribution in [2.24, 2.45) is 0 Å². The number of nitrogens with zero attached hydrogens (tertiary/aromatic N) is 2. The first kappa shape index (κ1) is 39.9. The van der Waals surface area contributed by atoms with Gasteiger partial charge in [-0.2, -0.15) is 0 Å². The largest absolute Gasteiger partial charge is 0.329 e. The average Bonchev–Trinajstić information content (AvgIpc) is 4.07. The third-order valence-electron chi connectivity index (χ3n) is 14.6. The van der Waals surface area contributed by atoms with E-state index in [2.05, 4.69) is 272 Å². The molecule has 0 fully saturated rings. The van der Waals surface area contributed by atoms with E-state index in [1.165, 1.54) is 94.0 Å². The molecule has 2 aliphatic carbocycles. The van der Waals surface area contributed by atoms with Crippen molar-refractivity contribution in [3.63, 3.8) is 0 Å². The second kappa shape index (κ2) is 15.9. The summed E-state index contributed by atoms with van der Waals surface area (Å²) in [6.07, 6.45) is 0. The Morgan fingerprint density at radius 1 is 0.338 bits per heavy atom. The molecule has 1 unspecified atom stereocenters. The Morgan fingerprint density at radius 2 is 0.868 bits per heavy atom. The Labute approximate surface area is 398 Å². The van der Waals surface area contributed by atoms with Crippen LogP contribution in [0.3, 0.4) is 0 Å². The summed E-state index contributed by atoms with van der Waals surface area (Å²) >= 11 is 0. The van der Waals surface area contributed by atoms with Gasteiger partial charge in [-0.15, -0.1) is 0 Å². The van der Waals surface area contributed by atoms with Gasteiger partial charge >= 0.3 is 0 Å². The van der Waals surface area contributed by atoms with Crippen molar-refractivity contribution in [1.29, 1.82) is 0 Å². The van der Waals surface area contributed by atoms with Gasteiger partial charge < -0.3 is 9.80 Å². The molecule has 2 nitrogen and oxygen atoms in total. The molecule has 68 heavy (non-hydrogen) atoms. The molecule has 322 valence electrons. The third-order valence-corrected chi connectivity index (χ3v) is 14.6. The summed E-state index contributed by atoms with van der Waals surface area (Å²) in [5.74, 6) is 0. The fourth-order valence-corrected chi connectivity index (χ4v) is 11.1. The van der Waals surface area contributed by atoms with Crippen molar-refractivity contribution in [3.05, 3.63) is 271 Å². The molecular weight excluding hydrogens is 821 g/mol. The van der Waals surface area contributed by atoms with Gasteiger partial charge in [0, 0.05) is 33.2 Å². The minimum atomic E-state index is -0.150. The van der Waals surface area contributed by atoms with Gasteiger partial charge in [0.05, 0.1) is 17.4 Å². The van der Waals surface area contributed by atoms with Crippen LogP contribution in [0.4, 0.5) is 28.4 Å². The minimum Gasteiger partial charge on any atom is -0.329 e.